The number of hydrogen-bond donors (Lipinski definition) is 2. The molecule has 0 unspecified atom stereocenters. The fourth-order valence-electron chi connectivity index (χ4n) is 1.27. The van der Waals surface area contributed by atoms with Gasteiger partial charge in [0.25, 0.3) is 0 Å². The quantitative estimate of drug-likeness (QED) is 0.820. The second-order valence-electron chi connectivity index (χ2n) is 3.92. The number of benzene rings is 1. The van der Waals surface area contributed by atoms with Gasteiger partial charge in [-0.05, 0) is 19.4 Å². The Kier molecular flexibility index (Phi) is 4.25. The van der Waals surface area contributed by atoms with Gasteiger partial charge >= 0.3 is 5.97 Å². The molecule has 0 aliphatic carbocycles. The van der Waals surface area contributed by atoms with Crippen LogP contribution in [0.25, 0.3) is 0 Å². The molecule has 5 nitrogen and oxygen atoms in total. The van der Waals surface area contributed by atoms with Gasteiger partial charge in [0, 0.05) is 0 Å². The van der Waals surface area contributed by atoms with E-state index in [9.17, 15) is 13.2 Å². The predicted octanol–water partition coefficient (Wildman–Crippen LogP) is 0.888. The first kappa shape index (κ1) is 13.7. The molecule has 94 valence electrons. The fraction of sp³-hybridized carbons (Fsp3) is 0.364. The molecule has 6 heteroatoms. The SMILES string of the molecule is Cc1ccc(CS(=O)(=O)N[C@@H](C)C(=O)O)cc1. The number of aryl methyl sites for hydroxylation is 1. The molecule has 2 N–H and O–H groups in total. The Labute approximate surface area is 101 Å². The Hall–Kier alpha value is -1.40. The van der Waals surface area contributed by atoms with Gasteiger partial charge in [0.1, 0.15) is 6.04 Å². The molecule has 1 rings (SSSR count). The molecule has 0 saturated heterocycles. The molecule has 0 radical (unpaired) electrons. The Balaban J connectivity index is 2.73. The van der Waals surface area contributed by atoms with E-state index in [2.05, 4.69) is 4.72 Å². The summed E-state index contributed by atoms with van der Waals surface area (Å²) in [4.78, 5) is 10.5. The monoisotopic (exact) mass is 257 g/mol. The summed E-state index contributed by atoms with van der Waals surface area (Å²) in [6.45, 7) is 3.19. The highest BCUT2D eigenvalue weighted by Crippen LogP contribution is 2.07. The van der Waals surface area contributed by atoms with Gasteiger partial charge < -0.3 is 5.11 Å². The van der Waals surface area contributed by atoms with Crippen LogP contribution in [0, 0.1) is 6.92 Å². The summed E-state index contributed by atoms with van der Waals surface area (Å²) >= 11 is 0. The zero-order valence-corrected chi connectivity index (χ0v) is 10.5. The predicted molar refractivity (Wildman–Crippen MR) is 64.0 cm³/mol. The van der Waals surface area contributed by atoms with E-state index in [1.54, 1.807) is 12.1 Å². The van der Waals surface area contributed by atoms with Gasteiger partial charge in [0.05, 0.1) is 5.75 Å². The van der Waals surface area contributed by atoms with Crippen LogP contribution in [0.2, 0.25) is 0 Å². The molecule has 0 fully saturated rings. The third kappa shape index (κ3) is 4.54. The Morgan fingerprint density at radius 2 is 1.88 bits per heavy atom. The van der Waals surface area contributed by atoms with Crippen molar-refractivity contribution in [1.82, 2.24) is 4.72 Å². The molecular weight excluding hydrogens is 242 g/mol. The number of hydrogen-bond acceptors (Lipinski definition) is 3. The van der Waals surface area contributed by atoms with Crippen LogP contribution in [-0.4, -0.2) is 25.5 Å². The highest BCUT2D eigenvalue weighted by molar-refractivity contribution is 7.88. The minimum absolute atomic E-state index is 0.217. The van der Waals surface area contributed by atoms with E-state index in [0.717, 1.165) is 5.56 Å². The molecule has 0 bridgehead atoms. The van der Waals surface area contributed by atoms with Gasteiger partial charge in [0.2, 0.25) is 10.0 Å². The van der Waals surface area contributed by atoms with Crippen LogP contribution in [0.1, 0.15) is 18.1 Å². The standard InChI is InChI=1S/C11H15NO4S/c1-8-3-5-10(6-4-8)7-17(15,16)12-9(2)11(13)14/h3-6,9,12H,7H2,1-2H3,(H,13,14)/t9-/m0/s1. The molecule has 0 aliphatic rings. The van der Waals surface area contributed by atoms with E-state index in [0.29, 0.717) is 5.56 Å². The molecule has 1 atom stereocenters. The zero-order chi connectivity index (χ0) is 13.1. The van der Waals surface area contributed by atoms with Gasteiger partial charge in [-0.1, -0.05) is 29.8 Å². The second kappa shape index (κ2) is 5.29. The molecule has 0 saturated carbocycles. The maximum absolute atomic E-state index is 11.6. The number of carboxylic acid groups (broad SMARTS) is 1. The Morgan fingerprint density at radius 1 is 1.35 bits per heavy atom. The summed E-state index contributed by atoms with van der Waals surface area (Å²) < 4.78 is 25.3. The van der Waals surface area contributed by atoms with Crippen molar-refractivity contribution in [3.05, 3.63) is 35.4 Å². The molecule has 0 amide bonds. The number of aliphatic carboxylic acids is 1. The summed E-state index contributed by atoms with van der Waals surface area (Å²) in [5, 5.41) is 8.62. The van der Waals surface area contributed by atoms with E-state index in [1.807, 2.05) is 19.1 Å². The lowest BCUT2D eigenvalue weighted by Crippen LogP contribution is -2.38. The van der Waals surface area contributed by atoms with Gasteiger partial charge in [-0.25, -0.2) is 13.1 Å². The summed E-state index contributed by atoms with van der Waals surface area (Å²) in [5.74, 6) is -1.41. The molecule has 0 heterocycles. The molecule has 0 spiro atoms. The van der Waals surface area contributed by atoms with Crippen molar-refractivity contribution in [1.29, 1.82) is 0 Å². The van der Waals surface area contributed by atoms with Gasteiger partial charge in [-0.15, -0.1) is 0 Å². The minimum atomic E-state index is -3.62. The van der Waals surface area contributed by atoms with Crippen LogP contribution < -0.4 is 4.72 Å². The van der Waals surface area contributed by atoms with Crippen LogP contribution in [0.5, 0.6) is 0 Å². The van der Waals surface area contributed by atoms with Crippen molar-refractivity contribution < 1.29 is 18.3 Å². The van der Waals surface area contributed by atoms with Gasteiger partial charge in [-0.3, -0.25) is 4.79 Å². The average molecular weight is 257 g/mol. The van der Waals surface area contributed by atoms with Crippen molar-refractivity contribution >= 4 is 16.0 Å². The third-order valence-corrected chi connectivity index (χ3v) is 3.63. The van der Waals surface area contributed by atoms with Crippen LogP contribution in [0.4, 0.5) is 0 Å². The van der Waals surface area contributed by atoms with Crippen LogP contribution in [0.3, 0.4) is 0 Å². The van der Waals surface area contributed by atoms with E-state index in [-0.39, 0.29) is 5.75 Å². The molecule has 0 aliphatic heterocycles. The van der Waals surface area contributed by atoms with Crippen molar-refractivity contribution in [3.8, 4) is 0 Å². The summed E-state index contributed by atoms with van der Waals surface area (Å²) in [6, 6.07) is 5.92. The molecule has 1 aromatic rings. The summed E-state index contributed by atoms with van der Waals surface area (Å²) in [6.07, 6.45) is 0. The van der Waals surface area contributed by atoms with Crippen molar-refractivity contribution in [2.75, 3.05) is 0 Å². The minimum Gasteiger partial charge on any atom is -0.480 e. The maximum Gasteiger partial charge on any atom is 0.321 e. The molecular formula is C11H15NO4S. The largest absolute Gasteiger partial charge is 0.480 e. The average Bonchev–Trinajstić information content (AvgIpc) is 2.20. The number of carboxylic acids is 1. The van der Waals surface area contributed by atoms with E-state index in [1.165, 1.54) is 6.92 Å². The highest BCUT2D eigenvalue weighted by Gasteiger charge is 2.19. The van der Waals surface area contributed by atoms with Gasteiger partial charge in [0.15, 0.2) is 0 Å². The Morgan fingerprint density at radius 3 is 2.35 bits per heavy atom. The molecule has 1 aromatic carbocycles. The van der Waals surface area contributed by atoms with Crippen LogP contribution in [-0.2, 0) is 20.6 Å². The second-order valence-corrected chi connectivity index (χ2v) is 5.68. The topological polar surface area (TPSA) is 83.5 Å². The first-order valence-electron chi connectivity index (χ1n) is 5.08. The summed E-state index contributed by atoms with van der Waals surface area (Å²) in [7, 11) is -3.62. The summed E-state index contributed by atoms with van der Waals surface area (Å²) in [5.41, 5.74) is 1.67. The first-order chi connectivity index (χ1) is 7.80. The number of rotatable bonds is 5. The van der Waals surface area contributed by atoms with E-state index >= 15 is 0 Å². The number of sulfonamides is 1. The zero-order valence-electron chi connectivity index (χ0n) is 9.67. The van der Waals surface area contributed by atoms with E-state index in [4.69, 9.17) is 5.11 Å². The lowest BCUT2D eigenvalue weighted by atomic mass is 10.2. The first-order valence-corrected chi connectivity index (χ1v) is 6.74. The van der Waals surface area contributed by atoms with Crippen LogP contribution >= 0.6 is 0 Å². The Bertz CT molecular complexity index is 493. The smallest absolute Gasteiger partial charge is 0.321 e. The number of carbonyl (C=O) groups is 1. The highest BCUT2D eigenvalue weighted by atomic mass is 32.2. The maximum atomic E-state index is 11.6. The molecule has 17 heavy (non-hydrogen) atoms. The van der Waals surface area contributed by atoms with Crippen LogP contribution in [0.15, 0.2) is 24.3 Å². The lowest BCUT2D eigenvalue weighted by molar-refractivity contribution is -0.138. The van der Waals surface area contributed by atoms with Crippen molar-refractivity contribution in [3.63, 3.8) is 0 Å². The van der Waals surface area contributed by atoms with Gasteiger partial charge in [-0.2, -0.15) is 0 Å². The van der Waals surface area contributed by atoms with Crippen molar-refractivity contribution in [2.45, 2.75) is 25.6 Å². The third-order valence-electron chi connectivity index (χ3n) is 2.20. The van der Waals surface area contributed by atoms with E-state index < -0.39 is 22.0 Å². The number of nitrogens with one attached hydrogen (secondary N) is 1. The van der Waals surface area contributed by atoms with Crippen molar-refractivity contribution in [2.24, 2.45) is 0 Å². The normalized spacial score (nSPS) is 13.3. The lowest BCUT2D eigenvalue weighted by Gasteiger charge is -2.10. The molecule has 0 aromatic heterocycles. The fourth-order valence-corrected chi connectivity index (χ4v) is 2.62.